The van der Waals surface area contributed by atoms with E-state index >= 15 is 0 Å². The zero-order valence-corrected chi connectivity index (χ0v) is 5.88. The molecule has 0 atom stereocenters. The highest BCUT2D eigenvalue weighted by atomic mass is 35.5. The summed E-state index contributed by atoms with van der Waals surface area (Å²) in [7, 11) is -1.23. The standard InChI is InChI=1S/C5H10BClO2/c7-5-3-1-2-4-6(8)9/h1-2,8-9H,3-5H2/b2-1+. The second kappa shape index (κ2) is 6.14. The van der Waals surface area contributed by atoms with Crippen LogP contribution in [0.4, 0.5) is 0 Å². The van der Waals surface area contributed by atoms with Crippen molar-refractivity contribution in [3.8, 4) is 0 Å². The lowest BCUT2D eigenvalue weighted by Gasteiger charge is -1.87. The summed E-state index contributed by atoms with van der Waals surface area (Å²) >= 11 is 5.34. The Bertz CT molecular complexity index is 85.0. The Labute approximate surface area is 60.3 Å². The highest BCUT2D eigenvalue weighted by Gasteiger charge is 2.00. The Hall–Kier alpha value is 0.0149. The second-order valence-corrected chi connectivity index (χ2v) is 2.04. The average molecular weight is 148 g/mol. The van der Waals surface area contributed by atoms with Crippen molar-refractivity contribution in [2.24, 2.45) is 0 Å². The summed E-state index contributed by atoms with van der Waals surface area (Å²) < 4.78 is 0. The zero-order valence-electron chi connectivity index (χ0n) is 5.13. The van der Waals surface area contributed by atoms with Crippen LogP contribution in [-0.2, 0) is 0 Å². The largest absolute Gasteiger partial charge is 0.455 e. The number of allylic oxidation sites excluding steroid dienone is 2. The summed E-state index contributed by atoms with van der Waals surface area (Å²) in [4.78, 5) is 0. The maximum Gasteiger partial charge on any atom is 0.455 e. The van der Waals surface area contributed by atoms with Gasteiger partial charge in [0.2, 0.25) is 0 Å². The lowest BCUT2D eigenvalue weighted by Crippen LogP contribution is -2.07. The molecule has 0 saturated heterocycles. The van der Waals surface area contributed by atoms with Crippen LogP contribution in [0.5, 0.6) is 0 Å². The first-order valence-electron chi connectivity index (χ1n) is 2.84. The fourth-order valence-corrected chi connectivity index (χ4v) is 0.525. The van der Waals surface area contributed by atoms with E-state index in [-0.39, 0.29) is 6.32 Å². The van der Waals surface area contributed by atoms with Crippen molar-refractivity contribution in [1.82, 2.24) is 0 Å². The third-order valence-electron chi connectivity index (χ3n) is 0.789. The van der Waals surface area contributed by atoms with Crippen LogP contribution in [0, 0.1) is 0 Å². The Morgan fingerprint density at radius 2 is 2.00 bits per heavy atom. The maximum absolute atomic E-state index is 8.32. The summed E-state index contributed by atoms with van der Waals surface area (Å²) in [5.41, 5.74) is 0. The van der Waals surface area contributed by atoms with E-state index in [9.17, 15) is 0 Å². The van der Waals surface area contributed by atoms with E-state index < -0.39 is 7.12 Å². The number of rotatable bonds is 4. The highest BCUT2D eigenvalue weighted by Crippen LogP contribution is 1.91. The topological polar surface area (TPSA) is 40.5 Å². The molecular formula is C5H10BClO2. The Morgan fingerprint density at radius 1 is 1.33 bits per heavy atom. The molecule has 0 aromatic rings. The van der Waals surface area contributed by atoms with Gasteiger partial charge in [0.25, 0.3) is 0 Å². The molecule has 0 saturated carbocycles. The van der Waals surface area contributed by atoms with Crippen LogP contribution in [-0.4, -0.2) is 23.0 Å². The number of halogens is 1. The van der Waals surface area contributed by atoms with E-state index in [1.165, 1.54) is 0 Å². The number of hydrogen-bond donors (Lipinski definition) is 2. The zero-order chi connectivity index (χ0) is 7.11. The van der Waals surface area contributed by atoms with Crippen LogP contribution in [0.2, 0.25) is 6.32 Å². The molecule has 0 radical (unpaired) electrons. The van der Waals surface area contributed by atoms with Crippen LogP contribution in [0.15, 0.2) is 12.2 Å². The van der Waals surface area contributed by atoms with E-state index in [4.69, 9.17) is 21.6 Å². The summed E-state index contributed by atoms with van der Waals surface area (Å²) in [6.45, 7) is 0. The smallest absolute Gasteiger partial charge is 0.427 e. The minimum Gasteiger partial charge on any atom is -0.427 e. The molecule has 0 amide bonds. The molecule has 0 fully saturated rings. The van der Waals surface area contributed by atoms with Gasteiger partial charge in [-0.2, -0.15) is 0 Å². The van der Waals surface area contributed by atoms with Gasteiger partial charge in [-0.05, 0) is 12.7 Å². The second-order valence-electron chi connectivity index (χ2n) is 1.67. The number of alkyl halides is 1. The van der Waals surface area contributed by atoms with Crippen molar-refractivity contribution in [3.63, 3.8) is 0 Å². The van der Waals surface area contributed by atoms with Crippen molar-refractivity contribution in [2.75, 3.05) is 5.88 Å². The van der Waals surface area contributed by atoms with E-state index in [0.717, 1.165) is 6.42 Å². The fourth-order valence-electron chi connectivity index (χ4n) is 0.399. The summed E-state index contributed by atoms with van der Waals surface area (Å²) in [5, 5.41) is 16.6. The van der Waals surface area contributed by atoms with Crippen molar-refractivity contribution < 1.29 is 10.0 Å². The van der Waals surface area contributed by atoms with Crippen LogP contribution in [0.1, 0.15) is 6.42 Å². The van der Waals surface area contributed by atoms with Gasteiger partial charge < -0.3 is 10.0 Å². The van der Waals surface area contributed by atoms with Crippen molar-refractivity contribution in [1.29, 1.82) is 0 Å². The average Bonchev–Trinajstić information content (AvgIpc) is 1.80. The molecule has 0 aliphatic rings. The quantitative estimate of drug-likeness (QED) is 0.349. The van der Waals surface area contributed by atoms with Gasteiger partial charge in [0, 0.05) is 5.88 Å². The molecule has 4 heteroatoms. The summed E-state index contributed by atoms with van der Waals surface area (Å²) in [6.07, 6.45) is 4.60. The Morgan fingerprint density at radius 3 is 2.44 bits per heavy atom. The molecule has 0 heterocycles. The van der Waals surface area contributed by atoms with Crippen LogP contribution in [0.3, 0.4) is 0 Å². The van der Waals surface area contributed by atoms with Gasteiger partial charge in [-0.25, -0.2) is 0 Å². The molecule has 0 aliphatic heterocycles. The Balaban J connectivity index is 3.04. The van der Waals surface area contributed by atoms with Crippen molar-refractivity contribution >= 4 is 18.7 Å². The first-order valence-corrected chi connectivity index (χ1v) is 3.38. The van der Waals surface area contributed by atoms with E-state index in [1.807, 2.05) is 6.08 Å². The highest BCUT2D eigenvalue weighted by molar-refractivity contribution is 6.41. The normalized spacial score (nSPS) is 10.6. The number of hydrogen-bond acceptors (Lipinski definition) is 2. The first kappa shape index (κ1) is 9.01. The van der Waals surface area contributed by atoms with Gasteiger partial charge in [-0.15, -0.1) is 11.6 Å². The third-order valence-corrected chi connectivity index (χ3v) is 1.01. The lowest BCUT2D eigenvalue weighted by molar-refractivity contribution is 0.411. The molecule has 0 rings (SSSR count). The predicted octanol–water partition coefficient (Wildman–Crippen LogP) is 0.644. The fraction of sp³-hybridized carbons (Fsp3) is 0.600. The molecule has 52 valence electrons. The molecule has 9 heavy (non-hydrogen) atoms. The molecule has 0 aromatic carbocycles. The van der Waals surface area contributed by atoms with Crippen LogP contribution >= 0.6 is 11.6 Å². The molecular weight excluding hydrogens is 138 g/mol. The van der Waals surface area contributed by atoms with Gasteiger partial charge in [0.05, 0.1) is 0 Å². The molecule has 2 N–H and O–H groups in total. The van der Waals surface area contributed by atoms with Gasteiger partial charge in [0.1, 0.15) is 0 Å². The molecule has 0 aromatic heterocycles. The molecule has 0 unspecified atom stereocenters. The third kappa shape index (κ3) is 8.01. The minimum atomic E-state index is -1.23. The van der Waals surface area contributed by atoms with Crippen LogP contribution in [0.25, 0.3) is 0 Å². The van der Waals surface area contributed by atoms with Gasteiger partial charge in [-0.3, -0.25) is 0 Å². The minimum absolute atomic E-state index is 0.289. The summed E-state index contributed by atoms with van der Waals surface area (Å²) in [6, 6.07) is 0. The SMILES string of the molecule is OB(O)C/C=C/CCCl. The molecule has 0 bridgehead atoms. The van der Waals surface area contributed by atoms with Gasteiger partial charge >= 0.3 is 7.12 Å². The predicted molar refractivity (Wildman–Crippen MR) is 39.5 cm³/mol. The van der Waals surface area contributed by atoms with E-state index in [0.29, 0.717) is 5.88 Å². The Kier molecular flexibility index (Phi) is 6.15. The van der Waals surface area contributed by atoms with E-state index in [2.05, 4.69) is 0 Å². The first-order chi connectivity index (χ1) is 4.27. The summed E-state index contributed by atoms with van der Waals surface area (Å²) in [5.74, 6) is 0.581. The van der Waals surface area contributed by atoms with Crippen LogP contribution < -0.4 is 0 Å². The van der Waals surface area contributed by atoms with Crippen molar-refractivity contribution in [2.45, 2.75) is 12.7 Å². The molecule has 0 spiro atoms. The van der Waals surface area contributed by atoms with Gasteiger partial charge in [0.15, 0.2) is 0 Å². The van der Waals surface area contributed by atoms with Crippen molar-refractivity contribution in [3.05, 3.63) is 12.2 Å². The molecule has 0 aliphatic carbocycles. The maximum atomic E-state index is 8.32. The monoisotopic (exact) mass is 148 g/mol. The van der Waals surface area contributed by atoms with Gasteiger partial charge in [-0.1, -0.05) is 12.2 Å². The lowest BCUT2D eigenvalue weighted by atomic mass is 9.86. The molecule has 2 nitrogen and oxygen atoms in total. The van der Waals surface area contributed by atoms with E-state index in [1.54, 1.807) is 6.08 Å².